The van der Waals surface area contributed by atoms with E-state index in [1.165, 1.54) is 30.0 Å². The van der Waals surface area contributed by atoms with Crippen molar-refractivity contribution in [1.82, 2.24) is 5.32 Å². The van der Waals surface area contributed by atoms with Gasteiger partial charge in [0, 0.05) is 0 Å². The predicted molar refractivity (Wildman–Crippen MR) is 74.5 cm³/mol. The van der Waals surface area contributed by atoms with E-state index in [0.29, 0.717) is 12.2 Å². The van der Waals surface area contributed by atoms with Gasteiger partial charge in [0.15, 0.2) is 0 Å². The minimum absolute atomic E-state index is 0.0768. The molecule has 1 aromatic rings. The van der Waals surface area contributed by atoms with E-state index < -0.39 is 23.8 Å². The van der Waals surface area contributed by atoms with Gasteiger partial charge in [-0.15, -0.1) is 0 Å². The molecule has 0 aliphatic carbocycles. The first-order valence-electron chi connectivity index (χ1n) is 5.65. The second kappa shape index (κ2) is 7.63. The molecule has 1 unspecified atom stereocenters. The van der Waals surface area contributed by atoms with Gasteiger partial charge in [0.25, 0.3) is 0 Å². The van der Waals surface area contributed by atoms with E-state index in [1.54, 1.807) is 6.07 Å². The third-order valence-corrected chi connectivity index (χ3v) is 3.02. The first-order valence-corrected chi connectivity index (χ1v) is 7.04. The lowest BCUT2D eigenvalue weighted by atomic mass is 10.2. The number of para-hydroxylation sites is 1. The SMILES string of the molecule is CSCCC(NC(N)=O)C(=O)Nc1ccccc1F. The summed E-state index contributed by atoms with van der Waals surface area (Å²) in [6.45, 7) is 0. The van der Waals surface area contributed by atoms with Crippen molar-refractivity contribution in [2.24, 2.45) is 5.73 Å². The van der Waals surface area contributed by atoms with Gasteiger partial charge in [-0.25, -0.2) is 9.18 Å². The number of halogens is 1. The summed E-state index contributed by atoms with van der Waals surface area (Å²) in [5.74, 6) is -0.341. The number of amides is 3. The molecule has 0 saturated carbocycles. The maximum atomic E-state index is 13.4. The molecule has 19 heavy (non-hydrogen) atoms. The van der Waals surface area contributed by atoms with Crippen LogP contribution in [0, 0.1) is 5.82 Å². The van der Waals surface area contributed by atoms with Crippen molar-refractivity contribution in [2.45, 2.75) is 12.5 Å². The Labute approximate surface area is 115 Å². The van der Waals surface area contributed by atoms with Gasteiger partial charge in [0.2, 0.25) is 5.91 Å². The summed E-state index contributed by atoms with van der Waals surface area (Å²) in [6.07, 6.45) is 2.31. The molecule has 0 aliphatic rings. The van der Waals surface area contributed by atoms with Crippen LogP contribution in [0.2, 0.25) is 0 Å². The smallest absolute Gasteiger partial charge is 0.312 e. The molecule has 0 aromatic heterocycles. The summed E-state index contributed by atoms with van der Waals surface area (Å²) in [7, 11) is 0. The molecule has 0 heterocycles. The number of nitrogens with two attached hydrogens (primary N) is 1. The molecule has 104 valence electrons. The molecule has 0 aliphatic heterocycles. The highest BCUT2D eigenvalue weighted by Gasteiger charge is 2.20. The Morgan fingerprint density at radius 1 is 1.42 bits per heavy atom. The fourth-order valence-electron chi connectivity index (χ4n) is 1.46. The highest BCUT2D eigenvalue weighted by atomic mass is 32.2. The van der Waals surface area contributed by atoms with Gasteiger partial charge >= 0.3 is 6.03 Å². The zero-order chi connectivity index (χ0) is 14.3. The second-order valence-electron chi connectivity index (χ2n) is 3.81. The van der Waals surface area contributed by atoms with E-state index in [-0.39, 0.29) is 5.69 Å². The van der Waals surface area contributed by atoms with Gasteiger partial charge in [-0.1, -0.05) is 12.1 Å². The molecule has 7 heteroatoms. The number of anilines is 1. The molecule has 0 spiro atoms. The maximum absolute atomic E-state index is 13.4. The van der Waals surface area contributed by atoms with E-state index >= 15 is 0 Å². The van der Waals surface area contributed by atoms with Crippen LogP contribution < -0.4 is 16.4 Å². The summed E-state index contributed by atoms with van der Waals surface area (Å²) >= 11 is 1.54. The van der Waals surface area contributed by atoms with Crippen molar-refractivity contribution in [3.63, 3.8) is 0 Å². The molecule has 1 rings (SSSR count). The summed E-state index contributed by atoms with van der Waals surface area (Å²) in [6, 6.07) is 4.27. The van der Waals surface area contributed by atoms with Gasteiger partial charge < -0.3 is 16.4 Å². The number of carbonyl (C=O) groups is 2. The molecule has 0 fully saturated rings. The highest BCUT2D eigenvalue weighted by molar-refractivity contribution is 7.98. The van der Waals surface area contributed by atoms with Crippen molar-refractivity contribution < 1.29 is 14.0 Å². The molecule has 5 nitrogen and oxygen atoms in total. The van der Waals surface area contributed by atoms with Crippen LogP contribution >= 0.6 is 11.8 Å². The van der Waals surface area contributed by atoms with E-state index in [9.17, 15) is 14.0 Å². The fraction of sp³-hybridized carbons (Fsp3) is 0.333. The normalized spacial score (nSPS) is 11.7. The molecule has 1 aromatic carbocycles. The standard InChI is InChI=1S/C12H16FN3O2S/c1-19-7-6-10(16-12(14)18)11(17)15-9-5-3-2-4-8(9)13/h2-5,10H,6-7H2,1H3,(H,15,17)(H3,14,16,18). The summed E-state index contributed by atoms with van der Waals surface area (Å²) < 4.78 is 13.4. The lowest BCUT2D eigenvalue weighted by Crippen LogP contribution is -2.46. The van der Waals surface area contributed by atoms with Crippen LogP contribution in [-0.2, 0) is 4.79 Å². The molecule has 4 N–H and O–H groups in total. The quantitative estimate of drug-likeness (QED) is 0.741. The Bertz CT molecular complexity index is 456. The van der Waals surface area contributed by atoms with Crippen molar-refractivity contribution in [2.75, 3.05) is 17.3 Å². The van der Waals surface area contributed by atoms with Crippen LogP contribution in [0.1, 0.15) is 6.42 Å². The number of nitrogens with one attached hydrogen (secondary N) is 2. The number of benzene rings is 1. The summed E-state index contributed by atoms with van der Waals surface area (Å²) in [5.41, 5.74) is 5.09. The van der Waals surface area contributed by atoms with Crippen LogP contribution in [0.4, 0.5) is 14.9 Å². The van der Waals surface area contributed by atoms with Crippen molar-refractivity contribution in [1.29, 1.82) is 0 Å². The number of rotatable bonds is 6. The summed E-state index contributed by atoms with van der Waals surface area (Å²) in [5, 5.41) is 4.78. The molecule has 0 saturated heterocycles. The van der Waals surface area contributed by atoms with Gasteiger partial charge in [-0.3, -0.25) is 4.79 Å². The minimum Gasteiger partial charge on any atom is -0.352 e. The first-order chi connectivity index (χ1) is 9.04. The number of thioether (sulfide) groups is 1. The third kappa shape index (κ3) is 5.17. The van der Waals surface area contributed by atoms with Crippen molar-refractivity contribution in [3.8, 4) is 0 Å². The third-order valence-electron chi connectivity index (χ3n) is 2.38. The number of primary amides is 1. The zero-order valence-electron chi connectivity index (χ0n) is 10.5. The minimum atomic E-state index is -0.783. The molecular formula is C12H16FN3O2S. The molecule has 3 amide bonds. The van der Waals surface area contributed by atoms with E-state index in [0.717, 1.165) is 0 Å². The predicted octanol–water partition coefficient (Wildman–Crippen LogP) is 1.55. The Kier molecular flexibility index (Phi) is 6.14. The average molecular weight is 285 g/mol. The lowest BCUT2D eigenvalue weighted by Gasteiger charge is -2.17. The zero-order valence-corrected chi connectivity index (χ0v) is 11.3. The van der Waals surface area contributed by atoms with Crippen LogP contribution in [0.3, 0.4) is 0 Å². The van der Waals surface area contributed by atoms with Crippen molar-refractivity contribution >= 4 is 29.4 Å². The monoisotopic (exact) mass is 285 g/mol. The van der Waals surface area contributed by atoms with E-state index in [4.69, 9.17) is 5.73 Å². The first kappa shape index (κ1) is 15.3. The van der Waals surface area contributed by atoms with Crippen LogP contribution in [-0.4, -0.2) is 30.0 Å². The molecule has 0 radical (unpaired) electrons. The number of urea groups is 1. The van der Waals surface area contributed by atoms with E-state index in [1.807, 2.05) is 6.26 Å². The molecule has 1 atom stereocenters. The van der Waals surface area contributed by atoms with Crippen LogP contribution in [0.15, 0.2) is 24.3 Å². The number of hydrogen-bond donors (Lipinski definition) is 3. The number of hydrogen-bond acceptors (Lipinski definition) is 3. The van der Waals surface area contributed by atoms with Gasteiger partial charge in [-0.05, 0) is 30.6 Å². The average Bonchev–Trinajstić information content (AvgIpc) is 2.36. The molecule has 0 bridgehead atoms. The Morgan fingerprint density at radius 3 is 2.68 bits per heavy atom. The largest absolute Gasteiger partial charge is 0.352 e. The Hall–Kier alpha value is -1.76. The van der Waals surface area contributed by atoms with Gasteiger partial charge in [0.05, 0.1) is 5.69 Å². The van der Waals surface area contributed by atoms with Crippen molar-refractivity contribution in [3.05, 3.63) is 30.1 Å². The Morgan fingerprint density at radius 2 is 2.11 bits per heavy atom. The van der Waals surface area contributed by atoms with Gasteiger partial charge in [-0.2, -0.15) is 11.8 Å². The summed E-state index contributed by atoms with van der Waals surface area (Å²) in [4.78, 5) is 22.8. The number of carbonyl (C=O) groups excluding carboxylic acids is 2. The maximum Gasteiger partial charge on any atom is 0.312 e. The lowest BCUT2D eigenvalue weighted by molar-refractivity contribution is -0.118. The topological polar surface area (TPSA) is 84.2 Å². The van der Waals surface area contributed by atoms with Crippen LogP contribution in [0.25, 0.3) is 0 Å². The van der Waals surface area contributed by atoms with E-state index in [2.05, 4.69) is 10.6 Å². The van der Waals surface area contributed by atoms with Gasteiger partial charge in [0.1, 0.15) is 11.9 Å². The van der Waals surface area contributed by atoms with Crippen LogP contribution in [0.5, 0.6) is 0 Å². The fourth-order valence-corrected chi connectivity index (χ4v) is 1.93. The highest BCUT2D eigenvalue weighted by Crippen LogP contribution is 2.13. The molecular weight excluding hydrogens is 269 g/mol. The Balaban J connectivity index is 2.70. The second-order valence-corrected chi connectivity index (χ2v) is 4.80.